The maximum atomic E-state index is 12.7. The van der Waals surface area contributed by atoms with Crippen LogP contribution < -0.4 is 5.18 Å². The van der Waals surface area contributed by atoms with E-state index in [0.717, 1.165) is 12.1 Å². The molecule has 1 rings (SSSR count). The summed E-state index contributed by atoms with van der Waals surface area (Å²) in [5.74, 6) is -2.04. The van der Waals surface area contributed by atoms with Crippen molar-refractivity contribution >= 4 is 11.3 Å². The molecule has 0 bridgehead atoms. The van der Waals surface area contributed by atoms with Crippen LogP contribution in [-0.2, 0) is 0 Å². The quantitative estimate of drug-likeness (QED) is 0.783. The second-order valence-corrected chi connectivity index (χ2v) is 2.69. The number of benzene rings is 1. The van der Waals surface area contributed by atoms with Gasteiger partial charge in [0.2, 0.25) is 0 Å². The summed E-state index contributed by atoms with van der Waals surface area (Å²) in [6, 6.07) is 1.75. The number of halogens is 2. The van der Waals surface area contributed by atoms with E-state index >= 15 is 0 Å². The molecule has 0 aliphatic rings. The van der Waals surface area contributed by atoms with Crippen molar-refractivity contribution in [3.05, 3.63) is 40.8 Å². The van der Waals surface area contributed by atoms with E-state index in [1.807, 2.05) is 0 Å². The Hall–Kier alpha value is -1.62. The highest BCUT2D eigenvalue weighted by Gasteiger charge is 2.14. The third kappa shape index (κ3) is 2.20. The standard InChI is InChI=1S/C9H7F2NO.H2O/c1-5(2)6-3-7(10)8(11)4-9(6)12-13;/h3-4H,1H2,2H3;1H2. The first-order valence-corrected chi connectivity index (χ1v) is 3.59. The Kier molecular flexibility index (Phi) is 4.04. The lowest BCUT2D eigenvalue weighted by Gasteiger charge is -1.99. The molecule has 76 valence electrons. The average Bonchev–Trinajstić information content (AvgIpc) is 2.08. The Morgan fingerprint density at radius 1 is 1.36 bits per heavy atom. The summed E-state index contributed by atoms with van der Waals surface area (Å²) in [6.45, 7) is 5.14. The lowest BCUT2D eigenvalue weighted by atomic mass is 10.1. The molecule has 0 amide bonds. The van der Waals surface area contributed by atoms with Crippen LogP contribution in [0.15, 0.2) is 18.7 Å². The van der Waals surface area contributed by atoms with Gasteiger partial charge in [-0.1, -0.05) is 6.58 Å². The molecule has 0 radical (unpaired) electrons. The number of rotatable bonds is 2. The molecule has 5 heteroatoms. The fraction of sp³-hybridized carbons (Fsp3) is 0.111. The summed E-state index contributed by atoms with van der Waals surface area (Å²) < 4.78 is 25.3. The molecule has 1 aromatic carbocycles. The highest BCUT2D eigenvalue weighted by Crippen LogP contribution is 2.21. The highest BCUT2D eigenvalue weighted by atomic mass is 19.2. The minimum atomic E-state index is -1.05. The molecule has 3 nitrogen and oxygen atoms in total. The first-order chi connectivity index (χ1) is 6.06. The predicted octanol–water partition coefficient (Wildman–Crippen LogP) is 1.30. The zero-order chi connectivity index (χ0) is 10.0. The SMILES string of the molecule is C=C(C)c1cc(F)c(F)cc1[NH+]=O.[OH-]. The van der Waals surface area contributed by atoms with Gasteiger partial charge >= 0.3 is 0 Å². The summed E-state index contributed by atoms with van der Waals surface area (Å²) in [6.07, 6.45) is 0. The molecular formula is C9H9F2NO2. The monoisotopic (exact) mass is 201 g/mol. The summed E-state index contributed by atoms with van der Waals surface area (Å²) in [5.41, 5.74) is 0.776. The van der Waals surface area contributed by atoms with Gasteiger partial charge in [0.1, 0.15) is 0 Å². The van der Waals surface area contributed by atoms with Crippen LogP contribution in [0.25, 0.3) is 5.57 Å². The maximum Gasteiger partial charge on any atom is 0.263 e. The lowest BCUT2D eigenvalue weighted by molar-refractivity contribution is -0.379. The number of nitrogens with one attached hydrogen (secondary N) is 1. The summed E-state index contributed by atoms with van der Waals surface area (Å²) >= 11 is 0. The number of nitroso groups, excluding NO2 is 1. The van der Waals surface area contributed by atoms with E-state index in [0.29, 0.717) is 5.57 Å². The molecule has 0 saturated heterocycles. The molecule has 0 spiro atoms. The Bertz CT molecular complexity index is 377. The molecule has 0 aliphatic heterocycles. The van der Waals surface area contributed by atoms with Crippen molar-refractivity contribution in [3.8, 4) is 0 Å². The fourth-order valence-corrected chi connectivity index (χ4v) is 0.984. The maximum absolute atomic E-state index is 12.7. The molecule has 1 aromatic rings. The molecule has 0 heterocycles. The number of hydrogen-bond donors (Lipinski definition) is 1. The molecule has 0 fully saturated rings. The fourth-order valence-electron chi connectivity index (χ4n) is 0.984. The Morgan fingerprint density at radius 2 is 1.86 bits per heavy atom. The van der Waals surface area contributed by atoms with Gasteiger partial charge in [-0.25, -0.2) is 8.78 Å². The first kappa shape index (κ1) is 12.4. The smallest absolute Gasteiger partial charge is 0.263 e. The van der Waals surface area contributed by atoms with E-state index < -0.39 is 11.6 Å². The molecule has 0 atom stereocenters. The summed E-state index contributed by atoms with van der Waals surface area (Å²) in [7, 11) is 0. The zero-order valence-electron chi connectivity index (χ0n) is 7.47. The molecule has 2 N–H and O–H groups in total. The van der Waals surface area contributed by atoms with Gasteiger partial charge in [-0.05, 0) is 18.6 Å². The predicted molar refractivity (Wildman–Crippen MR) is 47.0 cm³/mol. The van der Waals surface area contributed by atoms with Gasteiger partial charge < -0.3 is 5.48 Å². The van der Waals surface area contributed by atoms with Crippen LogP contribution >= 0.6 is 0 Å². The van der Waals surface area contributed by atoms with Gasteiger partial charge in [0.15, 0.2) is 11.6 Å². The van der Waals surface area contributed by atoms with E-state index in [4.69, 9.17) is 0 Å². The third-order valence-electron chi connectivity index (χ3n) is 1.63. The van der Waals surface area contributed by atoms with E-state index in [1.165, 1.54) is 5.18 Å². The molecular weight excluding hydrogens is 192 g/mol. The average molecular weight is 201 g/mol. The molecule has 14 heavy (non-hydrogen) atoms. The Balaban J connectivity index is 0.00000169. The number of hydrogen-bond acceptors (Lipinski definition) is 2. The second-order valence-electron chi connectivity index (χ2n) is 2.69. The van der Waals surface area contributed by atoms with E-state index in [9.17, 15) is 13.7 Å². The van der Waals surface area contributed by atoms with Crippen LogP contribution in [0, 0.1) is 16.5 Å². The Morgan fingerprint density at radius 3 is 2.29 bits per heavy atom. The van der Waals surface area contributed by atoms with Crippen molar-refractivity contribution in [1.82, 2.24) is 0 Å². The third-order valence-corrected chi connectivity index (χ3v) is 1.63. The first-order valence-electron chi connectivity index (χ1n) is 3.59. The van der Waals surface area contributed by atoms with Crippen LogP contribution in [0.1, 0.15) is 12.5 Å². The van der Waals surface area contributed by atoms with Crippen molar-refractivity contribution in [3.63, 3.8) is 0 Å². The van der Waals surface area contributed by atoms with Gasteiger partial charge in [-0.15, -0.1) is 0 Å². The van der Waals surface area contributed by atoms with Crippen LogP contribution in [0.3, 0.4) is 0 Å². The van der Waals surface area contributed by atoms with Crippen LogP contribution in [-0.4, -0.2) is 5.48 Å². The van der Waals surface area contributed by atoms with Gasteiger partial charge in [-0.2, -0.15) is 0 Å². The largest absolute Gasteiger partial charge is 0.870 e. The van der Waals surface area contributed by atoms with Crippen molar-refractivity contribution < 1.29 is 19.4 Å². The lowest BCUT2D eigenvalue weighted by Crippen LogP contribution is -2.56. The van der Waals surface area contributed by atoms with Gasteiger partial charge in [0.25, 0.3) is 5.69 Å². The van der Waals surface area contributed by atoms with Crippen LogP contribution in [0.5, 0.6) is 0 Å². The minimum absolute atomic E-state index is 0. The topological polar surface area (TPSA) is 61.0 Å². The summed E-state index contributed by atoms with van der Waals surface area (Å²) in [5, 5.41) is 1.53. The van der Waals surface area contributed by atoms with Crippen molar-refractivity contribution in [1.29, 1.82) is 0 Å². The van der Waals surface area contributed by atoms with E-state index in [2.05, 4.69) is 6.58 Å². The van der Waals surface area contributed by atoms with Crippen molar-refractivity contribution in [2.45, 2.75) is 6.92 Å². The van der Waals surface area contributed by atoms with E-state index in [-0.39, 0.29) is 16.7 Å². The van der Waals surface area contributed by atoms with Crippen LogP contribution in [0.2, 0.25) is 0 Å². The minimum Gasteiger partial charge on any atom is -0.870 e. The number of allylic oxidation sites excluding steroid dienone is 1. The van der Waals surface area contributed by atoms with Crippen LogP contribution in [0.4, 0.5) is 14.5 Å². The van der Waals surface area contributed by atoms with Gasteiger partial charge in [-0.3, -0.25) is 0 Å². The summed E-state index contributed by atoms with van der Waals surface area (Å²) in [4.78, 5) is 10.3. The van der Waals surface area contributed by atoms with Crippen molar-refractivity contribution in [2.75, 3.05) is 0 Å². The second kappa shape index (κ2) is 4.57. The van der Waals surface area contributed by atoms with Gasteiger partial charge in [0, 0.05) is 10.1 Å². The highest BCUT2D eigenvalue weighted by molar-refractivity contribution is 5.69. The molecule has 0 aliphatic carbocycles. The molecule has 0 saturated carbocycles. The normalized spacial score (nSPS) is 9.07. The Labute approximate surface area is 79.3 Å². The molecule has 0 unspecified atom stereocenters. The molecule has 0 aromatic heterocycles. The van der Waals surface area contributed by atoms with Crippen molar-refractivity contribution in [2.24, 2.45) is 0 Å². The van der Waals surface area contributed by atoms with Gasteiger partial charge in [0.05, 0.1) is 11.6 Å². The van der Waals surface area contributed by atoms with E-state index in [1.54, 1.807) is 6.92 Å². The zero-order valence-corrected chi connectivity index (χ0v) is 7.47.